The maximum atomic E-state index is 5.91. The van der Waals surface area contributed by atoms with E-state index in [4.69, 9.17) is 5.84 Å². The van der Waals surface area contributed by atoms with Gasteiger partial charge in [-0.2, -0.15) is 0 Å². The lowest BCUT2D eigenvalue weighted by atomic mass is 9.96. The Morgan fingerprint density at radius 2 is 1.60 bits per heavy atom. The molecule has 0 atom stereocenters. The molecular formula is C8H16N2. The second kappa shape index (κ2) is 2.21. The van der Waals surface area contributed by atoms with E-state index in [9.17, 15) is 0 Å². The van der Waals surface area contributed by atoms with E-state index in [1.807, 2.05) is 0 Å². The highest BCUT2D eigenvalue weighted by Crippen LogP contribution is 2.40. The summed E-state index contributed by atoms with van der Waals surface area (Å²) in [4.78, 5) is 0. The van der Waals surface area contributed by atoms with Crippen LogP contribution in [0.4, 0.5) is 0 Å². The monoisotopic (exact) mass is 140 g/mol. The summed E-state index contributed by atoms with van der Waals surface area (Å²) in [5.41, 5.74) is 0.458. The van der Waals surface area contributed by atoms with E-state index in [0.717, 1.165) is 6.54 Å². The first-order valence-corrected chi connectivity index (χ1v) is 4.36. The van der Waals surface area contributed by atoms with Gasteiger partial charge in [0.05, 0.1) is 0 Å². The van der Waals surface area contributed by atoms with Crippen LogP contribution in [0.15, 0.2) is 0 Å². The number of nitrogens with zero attached hydrogens (tertiary/aromatic N) is 1. The van der Waals surface area contributed by atoms with Gasteiger partial charge in [0.1, 0.15) is 0 Å². The first-order valence-electron chi connectivity index (χ1n) is 4.36. The summed E-state index contributed by atoms with van der Waals surface area (Å²) < 4.78 is 0. The largest absolute Gasteiger partial charge is 0.268 e. The average molecular weight is 140 g/mol. The predicted octanol–water partition coefficient (Wildman–Crippen LogP) is 1.27. The van der Waals surface area contributed by atoms with Crippen LogP contribution in [-0.2, 0) is 0 Å². The zero-order valence-corrected chi connectivity index (χ0v) is 6.47. The van der Waals surface area contributed by atoms with Crippen molar-refractivity contribution in [2.45, 2.75) is 44.1 Å². The molecule has 1 spiro atoms. The van der Waals surface area contributed by atoms with Crippen molar-refractivity contribution in [3.8, 4) is 0 Å². The van der Waals surface area contributed by atoms with Crippen molar-refractivity contribution in [3.63, 3.8) is 0 Å². The molecule has 2 N–H and O–H groups in total. The zero-order chi connectivity index (χ0) is 7.03. The highest BCUT2D eigenvalue weighted by Gasteiger charge is 2.41. The average Bonchev–Trinajstić information content (AvgIpc) is 2.48. The highest BCUT2D eigenvalue weighted by atomic mass is 15.5. The molecule has 2 aliphatic rings. The van der Waals surface area contributed by atoms with Gasteiger partial charge in [0.15, 0.2) is 0 Å². The van der Waals surface area contributed by atoms with Gasteiger partial charge < -0.3 is 0 Å². The van der Waals surface area contributed by atoms with Crippen molar-refractivity contribution in [2.75, 3.05) is 6.54 Å². The summed E-state index contributed by atoms with van der Waals surface area (Å²) in [7, 11) is 0. The van der Waals surface area contributed by atoms with Crippen LogP contribution in [0.25, 0.3) is 0 Å². The smallest absolute Gasteiger partial charge is 0.0352 e. The lowest BCUT2D eigenvalue weighted by molar-refractivity contribution is 0.145. The Labute approximate surface area is 62.4 Å². The first kappa shape index (κ1) is 6.62. The van der Waals surface area contributed by atoms with Crippen LogP contribution in [0.5, 0.6) is 0 Å². The number of hydrogen-bond donors (Lipinski definition) is 1. The van der Waals surface area contributed by atoms with Crippen molar-refractivity contribution in [1.29, 1.82) is 0 Å². The molecule has 1 aliphatic carbocycles. The lowest BCUT2D eigenvalue weighted by Gasteiger charge is -2.30. The minimum atomic E-state index is 0.458. The normalized spacial score (nSPS) is 32.1. The molecule has 1 heterocycles. The third-order valence-corrected chi connectivity index (χ3v) is 3.18. The standard InChI is InChI=1S/C8H16N2/c9-10-7-3-6-8(10)4-1-2-5-8/h1-7,9H2. The van der Waals surface area contributed by atoms with E-state index >= 15 is 0 Å². The van der Waals surface area contributed by atoms with Gasteiger partial charge >= 0.3 is 0 Å². The lowest BCUT2D eigenvalue weighted by Crippen LogP contribution is -2.45. The van der Waals surface area contributed by atoms with Crippen LogP contribution in [0.3, 0.4) is 0 Å². The summed E-state index contributed by atoms with van der Waals surface area (Å²) in [6.45, 7) is 1.12. The molecule has 2 fully saturated rings. The second-order valence-electron chi connectivity index (χ2n) is 3.73. The van der Waals surface area contributed by atoms with Gasteiger partial charge in [0.2, 0.25) is 0 Å². The van der Waals surface area contributed by atoms with Crippen molar-refractivity contribution in [3.05, 3.63) is 0 Å². The molecule has 0 radical (unpaired) electrons. The molecule has 1 aliphatic heterocycles. The Balaban J connectivity index is 2.11. The topological polar surface area (TPSA) is 29.3 Å². The number of nitrogens with two attached hydrogens (primary N) is 1. The molecule has 0 unspecified atom stereocenters. The van der Waals surface area contributed by atoms with Gasteiger partial charge in [-0.3, -0.25) is 5.84 Å². The molecule has 1 saturated heterocycles. The van der Waals surface area contributed by atoms with Gasteiger partial charge in [-0.05, 0) is 25.7 Å². The van der Waals surface area contributed by atoms with Crippen LogP contribution < -0.4 is 5.84 Å². The predicted molar refractivity (Wildman–Crippen MR) is 41.3 cm³/mol. The van der Waals surface area contributed by atoms with E-state index in [1.165, 1.54) is 38.5 Å². The van der Waals surface area contributed by atoms with Crippen LogP contribution in [0.2, 0.25) is 0 Å². The van der Waals surface area contributed by atoms with Crippen molar-refractivity contribution < 1.29 is 0 Å². The highest BCUT2D eigenvalue weighted by molar-refractivity contribution is 4.96. The summed E-state index contributed by atoms with van der Waals surface area (Å²) in [5.74, 6) is 5.91. The Morgan fingerprint density at radius 1 is 1.00 bits per heavy atom. The summed E-state index contributed by atoms with van der Waals surface area (Å²) in [5, 5.41) is 2.10. The SMILES string of the molecule is NN1CCCC12CCCC2. The number of hydrogen-bond acceptors (Lipinski definition) is 2. The van der Waals surface area contributed by atoms with Crippen LogP contribution in [0.1, 0.15) is 38.5 Å². The van der Waals surface area contributed by atoms with Gasteiger partial charge in [-0.1, -0.05) is 12.8 Å². The maximum absolute atomic E-state index is 5.91. The van der Waals surface area contributed by atoms with E-state index in [2.05, 4.69) is 5.01 Å². The summed E-state index contributed by atoms with van der Waals surface area (Å²) in [6.07, 6.45) is 8.16. The van der Waals surface area contributed by atoms with Crippen LogP contribution in [-0.4, -0.2) is 17.1 Å². The van der Waals surface area contributed by atoms with Crippen molar-refractivity contribution in [2.24, 2.45) is 5.84 Å². The van der Waals surface area contributed by atoms with E-state index in [-0.39, 0.29) is 0 Å². The van der Waals surface area contributed by atoms with Crippen LogP contribution in [0, 0.1) is 0 Å². The molecule has 0 aromatic rings. The fourth-order valence-electron chi connectivity index (χ4n) is 2.53. The van der Waals surface area contributed by atoms with Crippen molar-refractivity contribution >= 4 is 0 Å². The number of rotatable bonds is 0. The molecular weight excluding hydrogens is 124 g/mol. The van der Waals surface area contributed by atoms with Gasteiger partial charge in [0, 0.05) is 12.1 Å². The fourth-order valence-corrected chi connectivity index (χ4v) is 2.53. The molecule has 0 amide bonds. The fraction of sp³-hybridized carbons (Fsp3) is 1.00. The quantitative estimate of drug-likeness (QED) is 0.513. The Morgan fingerprint density at radius 3 is 2.10 bits per heavy atom. The molecule has 2 nitrogen and oxygen atoms in total. The Kier molecular flexibility index (Phi) is 1.46. The second-order valence-corrected chi connectivity index (χ2v) is 3.73. The third-order valence-electron chi connectivity index (χ3n) is 3.18. The Bertz CT molecular complexity index is 122. The molecule has 1 saturated carbocycles. The van der Waals surface area contributed by atoms with E-state index in [1.54, 1.807) is 0 Å². The third kappa shape index (κ3) is 0.789. The summed E-state index contributed by atoms with van der Waals surface area (Å²) in [6, 6.07) is 0. The van der Waals surface area contributed by atoms with Gasteiger partial charge in [-0.15, -0.1) is 0 Å². The first-order chi connectivity index (χ1) is 4.83. The zero-order valence-electron chi connectivity index (χ0n) is 6.47. The van der Waals surface area contributed by atoms with Crippen LogP contribution >= 0.6 is 0 Å². The molecule has 58 valence electrons. The number of hydrazine groups is 1. The molecule has 2 heteroatoms. The van der Waals surface area contributed by atoms with E-state index < -0.39 is 0 Å². The summed E-state index contributed by atoms with van der Waals surface area (Å²) >= 11 is 0. The van der Waals surface area contributed by atoms with E-state index in [0.29, 0.717) is 5.54 Å². The molecule has 10 heavy (non-hydrogen) atoms. The van der Waals surface area contributed by atoms with Crippen molar-refractivity contribution in [1.82, 2.24) is 5.01 Å². The minimum absolute atomic E-state index is 0.458. The minimum Gasteiger partial charge on any atom is -0.268 e. The molecule has 2 rings (SSSR count). The Hall–Kier alpha value is -0.0800. The van der Waals surface area contributed by atoms with Gasteiger partial charge in [-0.25, -0.2) is 5.01 Å². The molecule has 0 aromatic carbocycles. The molecule has 0 aromatic heterocycles. The molecule has 0 bridgehead atoms. The van der Waals surface area contributed by atoms with Gasteiger partial charge in [0.25, 0.3) is 0 Å². The maximum Gasteiger partial charge on any atom is 0.0352 e.